The van der Waals surface area contributed by atoms with Crippen molar-refractivity contribution in [3.05, 3.63) is 64.1 Å². The first-order chi connectivity index (χ1) is 10.0. The maximum absolute atomic E-state index is 11.9. The first-order valence-corrected chi connectivity index (χ1v) is 7.58. The van der Waals surface area contributed by atoms with Gasteiger partial charge in [0.25, 0.3) is 5.91 Å². The van der Waals surface area contributed by atoms with Crippen LogP contribution in [0.25, 0.3) is 0 Å². The van der Waals surface area contributed by atoms with Crippen LogP contribution in [0.1, 0.15) is 24.1 Å². The van der Waals surface area contributed by atoms with E-state index in [-0.39, 0.29) is 18.6 Å². The summed E-state index contributed by atoms with van der Waals surface area (Å²) >= 11 is 3.43. The number of hydrogen-bond acceptors (Lipinski definition) is 2. The monoisotopic (exact) mass is 347 g/mol. The molecular formula is C17H18BrNO2. The smallest absolute Gasteiger partial charge is 0.258 e. The summed E-state index contributed by atoms with van der Waals surface area (Å²) in [6.45, 7) is 3.98. The number of hydrogen-bond donors (Lipinski definition) is 1. The van der Waals surface area contributed by atoms with Crippen LogP contribution in [-0.2, 0) is 4.79 Å². The molecule has 3 nitrogen and oxygen atoms in total. The number of halogens is 1. The van der Waals surface area contributed by atoms with E-state index in [0.29, 0.717) is 5.75 Å². The maximum Gasteiger partial charge on any atom is 0.258 e. The molecule has 0 aliphatic heterocycles. The van der Waals surface area contributed by atoms with Gasteiger partial charge in [-0.25, -0.2) is 0 Å². The summed E-state index contributed by atoms with van der Waals surface area (Å²) in [5.41, 5.74) is 2.21. The number of carbonyl (C=O) groups is 1. The largest absolute Gasteiger partial charge is 0.484 e. The van der Waals surface area contributed by atoms with E-state index in [1.165, 1.54) is 0 Å². The molecule has 0 aliphatic rings. The Morgan fingerprint density at radius 1 is 1.24 bits per heavy atom. The van der Waals surface area contributed by atoms with Crippen LogP contribution in [0, 0.1) is 6.92 Å². The standard InChI is InChI=1S/C17H18BrNO2/c1-12-6-8-16(9-7-12)21-11-17(20)19-13(2)14-4-3-5-15(18)10-14/h3-10,13H,11H2,1-2H3,(H,19,20). The van der Waals surface area contributed by atoms with Crippen LogP contribution in [0.3, 0.4) is 0 Å². The van der Waals surface area contributed by atoms with E-state index >= 15 is 0 Å². The van der Waals surface area contributed by atoms with Crippen LogP contribution in [0.15, 0.2) is 53.0 Å². The number of ether oxygens (including phenoxy) is 1. The summed E-state index contributed by atoms with van der Waals surface area (Å²) in [6, 6.07) is 15.5. The predicted octanol–water partition coefficient (Wildman–Crippen LogP) is 4.01. The topological polar surface area (TPSA) is 38.3 Å². The molecule has 0 heterocycles. The number of nitrogens with one attached hydrogen (secondary N) is 1. The van der Waals surface area contributed by atoms with Gasteiger partial charge in [0.15, 0.2) is 6.61 Å². The van der Waals surface area contributed by atoms with Crippen molar-refractivity contribution in [3.8, 4) is 5.75 Å². The Bertz CT molecular complexity index is 610. The van der Waals surface area contributed by atoms with Gasteiger partial charge < -0.3 is 10.1 Å². The fourth-order valence-electron chi connectivity index (χ4n) is 1.93. The average molecular weight is 348 g/mol. The van der Waals surface area contributed by atoms with E-state index in [2.05, 4.69) is 21.2 Å². The Labute approximate surface area is 133 Å². The summed E-state index contributed by atoms with van der Waals surface area (Å²) in [4.78, 5) is 11.9. The second kappa shape index (κ2) is 7.27. The summed E-state index contributed by atoms with van der Waals surface area (Å²) in [5, 5.41) is 2.92. The molecule has 0 aliphatic carbocycles. The molecule has 2 aromatic carbocycles. The minimum absolute atomic E-state index is 0.0153. The second-order valence-electron chi connectivity index (χ2n) is 4.95. The molecule has 0 radical (unpaired) electrons. The number of rotatable bonds is 5. The fraction of sp³-hybridized carbons (Fsp3) is 0.235. The normalized spacial score (nSPS) is 11.8. The van der Waals surface area contributed by atoms with E-state index in [1.807, 2.05) is 62.4 Å². The molecule has 2 aromatic rings. The quantitative estimate of drug-likeness (QED) is 0.887. The van der Waals surface area contributed by atoms with Crippen molar-refractivity contribution in [3.63, 3.8) is 0 Å². The van der Waals surface area contributed by atoms with Crippen molar-refractivity contribution in [1.29, 1.82) is 0 Å². The van der Waals surface area contributed by atoms with Crippen LogP contribution in [0.4, 0.5) is 0 Å². The summed E-state index contributed by atoms with van der Waals surface area (Å²) in [5.74, 6) is 0.564. The fourth-order valence-corrected chi connectivity index (χ4v) is 2.34. The maximum atomic E-state index is 11.9. The lowest BCUT2D eigenvalue weighted by Gasteiger charge is -2.15. The zero-order valence-corrected chi connectivity index (χ0v) is 13.7. The minimum atomic E-state index is -0.136. The van der Waals surface area contributed by atoms with Gasteiger partial charge in [0.05, 0.1) is 6.04 Å². The predicted molar refractivity (Wildman–Crippen MR) is 87.4 cm³/mol. The Morgan fingerprint density at radius 3 is 2.62 bits per heavy atom. The number of amides is 1. The van der Waals surface area contributed by atoms with Gasteiger partial charge in [0, 0.05) is 4.47 Å². The summed E-state index contributed by atoms with van der Waals surface area (Å²) in [6.07, 6.45) is 0. The highest BCUT2D eigenvalue weighted by Gasteiger charge is 2.10. The minimum Gasteiger partial charge on any atom is -0.484 e. The van der Waals surface area contributed by atoms with E-state index in [0.717, 1.165) is 15.6 Å². The van der Waals surface area contributed by atoms with Gasteiger partial charge in [0.1, 0.15) is 5.75 Å². The van der Waals surface area contributed by atoms with Gasteiger partial charge in [-0.3, -0.25) is 4.79 Å². The second-order valence-corrected chi connectivity index (χ2v) is 5.86. The molecule has 0 aromatic heterocycles. The Kier molecular flexibility index (Phi) is 5.39. The Morgan fingerprint density at radius 2 is 1.95 bits per heavy atom. The lowest BCUT2D eigenvalue weighted by atomic mass is 10.1. The van der Waals surface area contributed by atoms with E-state index in [4.69, 9.17) is 4.74 Å². The molecule has 4 heteroatoms. The number of aryl methyl sites for hydroxylation is 1. The van der Waals surface area contributed by atoms with Gasteiger partial charge in [-0.2, -0.15) is 0 Å². The molecule has 0 saturated heterocycles. The third-order valence-electron chi connectivity index (χ3n) is 3.12. The lowest BCUT2D eigenvalue weighted by Crippen LogP contribution is -2.31. The molecule has 1 unspecified atom stereocenters. The zero-order valence-electron chi connectivity index (χ0n) is 12.1. The molecule has 1 amide bonds. The Hall–Kier alpha value is -1.81. The first kappa shape index (κ1) is 15.6. The van der Waals surface area contributed by atoms with Crippen molar-refractivity contribution in [1.82, 2.24) is 5.32 Å². The zero-order chi connectivity index (χ0) is 15.2. The molecule has 1 N–H and O–H groups in total. The van der Waals surface area contributed by atoms with Crippen molar-refractivity contribution in [2.45, 2.75) is 19.9 Å². The van der Waals surface area contributed by atoms with Gasteiger partial charge in [-0.1, -0.05) is 45.8 Å². The number of carbonyl (C=O) groups excluding carboxylic acids is 1. The van der Waals surface area contributed by atoms with Gasteiger partial charge in [0.2, 0.25) is 0 Å². The van der Waals surface area contributed by atoms with Crippen molar-refractivity contribution in [2.24, 2.45) is 0 Å². The Balaban J connectivity index is 1.85. The summed E-state index contributed by atoms with van der Waals surface area (Å²) < 4.78 is 6.46. The van der Waals surface area contributed by atoms with Gasteiger partial charge in [-0.15, -0.1) is 0 Å². The highest BCUT2D eigenvalue weighted by Crippen LogP contribution is 2.18. The van der Waals surface area contributed by atoms with Crippen LogP contribution in [0.5, 0.6) is 5.75 Å². The van der Waals surface area contributed by atoms with Crippen molar-refractivity contribution < 1.29 is 9.53 Å². The molecule has 2 rings (SSSR count). The molecule has 0 fully saturated rings. The van der Waals surface area contributed by atoms with Crippen LogP contribution >= 0.6 is 15.9 Å². The van der Waals surface area contributed by atoms with E-state index < -0.39 is 0 Å². The molecule has 110 valence electrons. The van der Waals surface area contributed by atoms with Crippen LogP contribution in [0.2, 0.25) is 0 Å². The van der Waals surface area contributed by atoms with Gasteiger partial charge in [-0.05, 0) is 43.7 Å². The van der Waals surface area contributed by atoms with Crippen molar-refractivity contribution >= 4 is 21.8 Å². The van der Waals surface area contributed by atoms with Gasteiger partial charge >= 0.3 is 0 Å². The van der Waals surface area contributed by atoms with E-state index in [1.54, 1.807) is 0 Å². The molecule has 21 heavy (non-hydrogen) atoms. The third kappa shape index (κ3) is 4.90. The SMILES string of the molecule is Cc1ccc(OCC(=O)NC(C)c2cccc(Br)c2)cc1. The molecular weight excluding hydrogens is 330 g/mol. The van der Waals surface area contributed by atoms with Crippen LogP contribution in [-0.4, -0.2) is 12.5 Å². The average Bonchev–Trinajstić information content (AvgIpc) is 2.46. The first-order valence-electron chi connectivity index (χ1n) is 6.79. The van der Waals surface area contributed by atoms with Crippen LogP contribution < -0.4 is 10.1 Å². The van der Waals surface area contributed by atoms with Crippen molar-refractivity contribution in [2.75, 3.05) is 6.61 Å². The molecule has 0 spiro atoms. The molecule has 1 atom stereocenters. The highest BCUT2D eigenvalue weighted by atomic mass is 79.9. The highest BCUT2D eigenvalue weighted by molar-refractivity contribution is 9.10. The summed E-state index contributed by atoms with van der Waals surface area (Å²) in [7, 11) is 0. The third-order valence-corrected chi connectivity index (χ3v) is 3.61. The molecule has 0 bridgehead atoms. The number of benzene rings is 2. The molecule has 0 saturated carbocycles. The van der Waals surface area contributed by atoms with E-state index in [9.17, 15) is 4.79 Å². The lowest BCUT2D eigenvalue weighted by molar-refractivity contribution is -0.123.